The molecule has 0 saturated carbocycles. The predicted octanol–water partition coefficient (Wildman–Crippen LogP) is 4.70. The Morgan fingerprint density at radius 1 is 1.16 bits per heavy atom. The van der Waals surface area contributed by atoms with Gasteiger partial charge in [0, 0.05) is 17.1 Å². The summed E-state index contributed by atoms with van der Waals surface area (Å²) < 4.78 is 5.87. The smallest absolute Gasteiger partial charge is 0.340 e. The summed E-state index contributed by atoms with van der Waals surface area (Å²) in [6.45, 7) is 3.99. The maximum absolute atomic E-state index is 12.5. The topological polar surface area (TPSA) is 46.6 Å². The number of halogens is 2. The number of hydrogen-bond acceptors (Lipinski definition) is 3. The molecule has 0 saturated heterocycles. The Kier molecular flexibility index (Phi) is 7.02. The molecule has 132 valence electrons. The summed E-state index contributed by atoms with van der Waals surface area (Å²) in [5.41, 5.74) is 1.24. The zero-order valence-corrected chi connectivity index (χ0v) is 16.4. The Labute approximate surface area is 160 Å². The molecule has 0 fully saturated rings. The van der Waals surface area contributed by atoms with Crippen LogP contribution in [0.5, 0.6) is 0 Å². The standard InChI is InChI=1S/C19H19BrClNO3/c1-13(2)22(11-14-6-4-3-5-7-14)18(23)12-25-19(24)16-10-15(20)8-9-17(16)21/h3-10,13H,11-12H2,1-2H3. The molecule has 2 rings (SSSR count). The molecule has 1 amide bonds. The Morgan fingerprint density at radius 3 is 2.48 bits per heavy atom. The molecular formula is C19H19BrClNO3. The van der Waals surface area contributed by atoms with Gasteiger partial charge in [0.15, 0.2) is 6.61 Å². The molecule has 0 aliphatic heterocycles. The van der Waals surface area contributed by atoms with Crippen molar-refractivity contribution >= 4 is 39.4 Å². The van der Waals surface area contributed by atoms with E-state index in [4.69, 9.17) is 16.3 Å². The van der Waals surface area contributed by atoms with E-state index in [1.54, 1.807) is 23.1 Å². The molecule has 0 bridgehead atoms. The highest BCUT2D eigenvalue weighted by Crippen LogP contribution is 2.21. The third-order valence-corrected chi connectivity index (χ3v) is 4.44. The van der Waals surface area contributed by atoms with Gasteiger partial charge in [0.25, 0.3) is 5.91 Å². The minimum Gasteiger partial charge on any atom is -0.452 e. The Bertz CT molecular complexity index is 750. The normalized spacial score (nSPS) is 10.6. The number of hydrogen-bond donors (Lipinski definition) is 0. The lowest BCUT2D eigenvalue weighted by Crippen LogP contribution is -2.39. The van der Waals surface area contributed by atoms with E-state index < -0.39 is 5.97 Å². The second-order valence-electron chi connectivity index (χ2n) is 5.80. The average molecular weight is 425 g/mol. The van der Waals surface area contributed by atoms with Crippen molar-refractivity contribution in [1.82, 2.24) is 4.90 Å². The van der Waals surface area contributed by atoms with Crippen LogP contribution in [0, 0.1) is 0 Å². The van der Waals surface area contributed by atoms with Crippen LogP contribution in [-0.4, -0.2) is 29.4 Å². The number of nitrogens with zero attached hydrogens (tertiary/aromatic N) is 1. The van der Waals surface area contributed by atoms with E-state index in [1.165, 1.54) is 0 Å². The summed E-state index contributed by atoms with van der Waals surface area (Å²) >= 11 is 9.29. The van der Waals surface area contributed by atoms with Crippen LogP contribution in [0.3, 0.4) is 0 Å². The summed E-state index contributed by atoms with van der Waals surface area (Å²) in [7, 11) is 0. The molecule has 0 aromatic heterocycles. The van der Waals surface area contributed by atoms with E-state index in [2.05, 4.69) is 15.9 Å². The van der Waals surface area contributed by atoms with Crippen molar-refractivity contribution in [3.05, 3.63) is 69.2 Å². The van der Waals surface area contributed by atoms with Gasteiger partial charge in [-0.05, 0) is 37.6 Å². The van der Waals surface area contributed by atoms with Crippen LogP contribution in [0.1, 0.15) is 29.8 Å². The number of esters is 1. The van der Waals surface area contributed by atoms with Crippen LogP contribution in [-0.2, 0) is 16.1 Å². The Morgan fingerprint density at radius 2 is 1.84 bits per heavy atom. The first-order valence-corrected chi connectivity index (χ1v) is 9.01. The van der Waals surface area contributed by atoms with E-state index in [-0.39, 0.29) is 29.1 Å². The molecule has 0 aliphatic rings. The predicted molar refractivity (Wildman–Crippen MR) is 102 cm³/mol. The highest BCUT2D eigenvalue weighted by atomic mass is 79.9. The van der Waals surface area contributed by atoms with Gasteiger partial charge in [-0.3, -0.25) is 4.79 Å². The van der Waals surface area contributed by atoms with Crippen LogP contribution in [0.2, 0.25) is 5.02 Å². The minimum absolute atomic E-state index is 0.0131. The van der Waals surface area contributed by atoms with Crippen molar-refractivity contribution < 1.29 is 14.3 Å². The van der Waals surface area contributed by atoms with Crippen molar-refractivity contribution in [3.63, 3.8) is 0 Å². The maximum Gasteiger partial charge on any atom is 0.340 e. The molecule has 0 atom stereocenters. The van der Waals surface area contributed by atoms with Gasteiger partial charge in [0.1, 0.15) is 0 Å². The van der Waals surface area contributed by atoms with E-state index in [1.807, 2.05) is 44.2 Å². The fraction of sp³-hybridized carbons (Fsp3) is 0.263. The zero-order chi connectivity index (χ0) is 18.4. The first-order valence-electron chi connectivity index (χ1n) is 7.84. The van der Waals surface area contributed by atoms with Gasteiger partial charge in [-0.2, -0.15) is 0 Å². The second-order valence-corrected chi connectivity index (χ2v) is 7.12. The van der Waals surface area contributed by atoms with Gasteiger partial charge in [-0.15, -0.1) is 0 Å². The van der Waals surface area contributed by atoms with Crippen LogP contribution in [0.4, 0.5) is 0 Å². The quantitative estimate of drug-likeness (QED) is 0.632. The van der Waals surface area contributed by atoms with Crippen molar-refractivity contribution in [2.75, 3.05) is 6.61 Å². The number of ether oxygens (including phenoxy) is 1. The van der Waals surface area contributed by atoms with Crippen molar-refractivity contribution in [2.45, 2.75) is 26.4 Å². The van der Waals surface area contributed by atoms with Gasteiger partial charge in [0.05, 0.1) is 10.6 Å². The summed E-state index contributed by atoms with van der Waals surface area (Å²) in [5.74, 6) is -0.874. The molecule has 25 heavy (non-hydrogen) atoms. The Balaban J connectivity index is 2.01. The average Bonchev–Trinajstić information content (AvgIpc) is 2.60. The summed E-state index contributed by atoms with van der Waals surface area (Å²) in [6, 6.07) is 14.6. The van der Waals surface area contributed by atoms with Crippen LogP contribution < -0.4 is 0 Å². The van der Waals surface area contributed by atoms with Gasteiger partial charge >= 0.3 is 5.97 Å². The zero-order valence-electron chi connectivity index (χ0n) is 14.0. The van der Waals surface area contributed by atoms with Crippen molar-refractivity contribution in [1.29, 1.82) is 0 Å². The molecule has 2 aromatic rings. The fourth-order valence-corrected chi connectivity index (χ4v) is 2.84. The second kappa shape index (κ2) is 9.02. The molecule has 0 aliphatic carbocycles. The molecule has 0 N–H and O–H groups in total. The highest BCUT2D eigenvalue weighted by molar-refractivity contribution is 9.10. The van der Waals surface area contributed by atoms with Crippen LogP contribution >= 0.6 is 27.5 Å². The van der Waals surface area contributed by atoms with Gasteiger partial charge in [0.2, 0.25) is 0 Å². The SMILES string of the molecule is CC(C)N(Cc1ccccc1)C(=O)COC(=O)c1cc(Br)ccc1Cl. The number of carbonyl (C=O) groups excluding carboxylic acids is 2. The fourth-order valence-electron chi connectivity index (χ4n) is 2.28. The van der Waals surface area contributed by atoms with E-state index in [9.17, 15) is 9.59 Å². The molecule has 6 heteroatoms. The Hall–Kier alpha value is -1.85. The van der Waals surface area contributed by atoms with Gasteiger partial charge in [-0.1, -0.05) is 57.9 Å². The number of benzene rings is 2. The molecular weight excluding hydrogens is 406 g/mol. The number of rotatable bonds is 6. The van der Waals surface area contributed by atoms with Gasteiger partial charge < -0.3 is 9.64 Å². The maximum atomic E-state index is 12.5. The van der Waals surface area contributed by atoms with Crippen LogP contribution in [0.25, 0.3) is 0 Å². The lowest BCUT2D eigenvalue weighted by Gasteiger charge is -2.26. The van der Waals surface area contributed by atoms with Crippen molar-refractivity contribution in [3.8, 4) is 0 Å². The third kappa shape index (κ3) is 5.58. The first-order chi connectivity index (χ1) is 11.9. The van der Waals surface area contributed by atoms with Gasteiger partial charge in [-0.25, -0.2) is 4.79 Å². The number of carbonyl (C=O) groups is 2. The molecule has 0 radical (unpaired) electrons. The lowest BCUT2D eigenvalue weighted by molar-refractivity contribution is -0.136. The molecule has 2 aromatic carbocycles. The summed E-state index contributed by atoms with van der Waals surface area (Å²) in [6.07, 6.45) is 0. The molecule has 0 spiro atoms. The largest absolute Gasteiger partial charge is 0.452 e. The molecule has 0 unspecified atom stereocenters. The van der Waals surface area contributed by atoms with Crippen molar-refractivity contribution in [2.24, 2.45) is 0 Å². The monoisotopic (exact) mass is 423 g/mol. The third-order valence-electron chi connectivity index (χ3n) is 3.61. The lowest BCUT2D eigenvalue weighted by atomic mass is 10.2. The molecule has 4 nitrogen and oxygen atoms in total. The summed E-state index contributed by atoms with van der Waals surface area (Å²) in [4.78, 5) is 26.3. The molecule has 0 heterocycles. The van der Waals surface area contributed by atoms with E-state index in [0.29, 0.717) is 11.0 Å². The van der Waals surface area contributed by atoms with E-state index >= 15 is 0 Å². The highest BCUT2D eigenvalue weighted by Gasteiger charge is 2.20. The number of amides is 1. The van der Waals surface area contributed by atoms with Crippen LogP contribution in [0.15, 0.2) is 53.0 Å². The summed E-state index contributed by atoms with van der Waals surface area (Å²) in [5, 5.41) is 0.283. The first kappa shape index (κ1) is 19.5. The van der Waals surface area contributed by atoms with E-state index in [0.717, 1.165) is 5.56 Å². The minimum atomic E-state index is -0.622.